The molecule has 0 aliphatic heterocycles. The first kappa shape index (κ1) is 14.2. The zero-order valence-corrected chi connectivity index (χ0v) is 12.0. The molecule has 20 heavy (non-hydrogen) atoms. The monoisotopic (exact) mass is 290 g/mol. The summed E-state index contributed by atoms with van der Waals surface area (Å²) < 4.78 is 5.24. The molecular formula is C15H15ClN2O2. The van der Waals surface area contributed by atoms with Crippen LogP contribution in [0.2, 0.25) is 5.02 Å². The number of hydrogen-bond donors (Lipinski definition) is 2. The molecule has 0 heterocycles. The first-order chi connectivity index (χ1) is 9.52. The molecule has 2 rings (SSSR count). The Morgan fingerprint density at radius 1 is 1.30 bits per heavy atom. The molecule has 0 aliphatic carbocycles. The summed E-state index contributed by atoms with van der Waals surface area (Å²) in [5, 5.41) is 3.07. The number of carbonyl (C=O) groups excluding carboxylic acids is 1. The van der Waals surface area contributed by atoms with Gasteiger partial charge in [0.2, 0.25) is 0 Å². The van der Waals surface area contributed by atoms with E-state index in [1.165, 1.54) is 0 Å². The number of amides is 1. The minimum absolute atomic E-state index is 0.261. The van der Waals surface area contributed by atoms with Gasteiger partial charge < -0.3 is 15.8 Å². The normalized spacial score (nSPS) is 10.2. The van der Waals surface area contributed by atoms with Gasteiger partial charge in [0.1, 0.15) is 5.75 Å². The molecule has 0 saturated heterocycles. The Hall–Kier alpha value is -2.20. The van der Waals surface area contributed by atoms with Gasteiger partial charge in [-0.05, 0) is 36.8 Å². The fourth-order valence-electron chi connectivity index (χ4n) is 1.87. The topological polar surface area (TPSA) is 64.3 Å². The van der Waals surface area contributed by atoms with E-state index >= 15 is 0 Å². The van der Waals surface area contributed by atoms with Crippen LogP contribution in [0.4, 0.5) is 11.4 Å². The number of nitrogens with one attached hydrogen (secondary N) is 1. The average molecular weight is 291 g/mol. The summed E-state index contributed by atoms with van der Waals surface area (Å²) >= 11 is 6.02. The summed E-state index contributed by atoms with van der Waals surface area (Å²) in [6.45, 7) is 1.94. The van der Waals surface area contributed by atoms with Gasteiger partial charge in [0.25, 0.3) is 5.91 Å². The number of rotatable bonds is 3. The largest absolute Gasteiger partial charge is 0.495 e. The molecule has 1 amide bonds. The van der Waals surface area contributed by atoms with Crippen LogP contribution in [0.3, 0.4) is 0 Å². The highest BCUT2D eigenvalue weighted by molar-refractivity contribution is 6.35. The fraction of sp³-hybridized carbons (Fsp3) is 0.133. The summed E-state index contributed by atoms with van der Waals surface area (Å²) in [6.07, 6.45) is 0. The number of ether oxygens (including phenoxy) is 1. The van der Waals surface area contributed by atoms with Gasteiger partial charge in [-0.1, -0.05) is 23.7 Å². The van der Waals surface area contributed by atoms with Crippen molar-refractivity contribution in [2.24, 2.45) is 0 Å². The minimum atomic E-state index is -0.366. The smallest absolute Gasteiger partial charge is 0.259 e. The van der Waals surface area contributed by atoms with E-state index in [4.69, 9.17) is 22.1 Å². The highest BCUT2D eigenvalue weighted by Crippen LogP contribution is 2.28. The van der Waals surface area contributed by atoms with E-state index in [0.717, 1.165) is 5.56 Å². The van der Waals surface area contributed by atoms with Crippen molar-refractivity contribution in [3.8, 4) is 5.75 Å². The molecule has 0 atom stereocenters. The molecule has 0 bridgehead atoms. The first-order valence-electron chi connectivity index (χ1n) is 6.03. The highest BCUT2D eigenvalue weighted by Gasteiger charge is 2.15. The Labute approximate surface area is 122 Å². The number of methoxy groups -OCH3 is 1. The van der Waals surface area contributed by atoms with E-state index in [2.05, 4.69) is 5.32 Å². The standard InChI is InChI=1S/C15H15ClN2O2/c1-9-6-7-12(13(8-9)20-2)18-15(19)14-10(16)4-3-5-11(14)17/h3-8H,17H2,1-2H3,(H,18,19). The maximum absolute atomic E-state index is 12.3. The second kappa shape index (κ2) is 5.84. The average Bonchev–Trinajstić information content (AvgIpc) is 2.40. The molecule has 2 aromatic carbocycles. The van der Waals surface area contributed by atoms with Gasteiger partial charge in [0, 0.05) is 5.69 Å². The van der Waals surface area contributed by atoms with Gasteiger partial charge in [-0.25, -0.2) is 0 Å². The van der Waals surface area contributed by atoms with Gasteiger partial charge in [-0.2, -0.15) is 0 Å². The second-order valence-electron chi connectivity index (χ2n) is 4.36. The quantitative estimate of drug-likeness (QED) is 0.851. The molecule has 0 spiro atoms. The van der Waals surface area contributed by atoms with Crippen LogP contribution in [0.5, 0.6) is 5.75 Å². The van der Waals surface area contributed by atoms with Gasteiger partial charge in [0.05, 0.1) is 23.4 Å². The highest BCUT2D eigenvalue weighted by atomic mass is 35.5. The Morgan fingerprint density at radius 2 is 2.05 bits per heavy atom. The number of benzene rings is 2. The predicted octanol–water partition coefficient (Wildman–Crippen LogP) is 3.49. The number of nitrogen functional groups attached to an aromatic ring is 1. The molecule has 0 aromatic heterocycles. The lowest BCUT2D eigenvalue weighted by Gasteiger charge is -2.12. The molecule has 0 fully saturated rings. The summed E-state index contributed by atoms with van der Waals surface area (Å²) in [6, 6.07) is 10.5. The van der Waals surface area contributed by atoms with Crippen LogP contribution in [-0.4, -0.2) is 13.0 Å². The van der Waals surface area contributed by atoms with E-state index in [1.54, 1.807) is 31.4 Å². The van der Waals surface area contributed by atoms with Crippen molar-refractivity contribution in [2.45, 2.75) is 6.92 Å². The van der Waals surface area contributed by atoms with Crippen molar-refractivity contribution in [1.82, 2.24) is 0 Å². The van der Waals surface area contributed by atoms with Crippen LogP contribution in [-0.2, 0) is 0 Å². The van der Waals surface area contributed by atoms with Crippen molar-refractivity contribution in [2.75, 3.05) is 18.2 Å². The molecule has 3 N–H and O–H groups in total. The molecule has 2 aromatic rings. The van der Waals surface area contributed by atoms with Crippen LogP contribution in [0.15, 0.2) is 36.4 Å². The van der Waals surface area contributed by atoms with Gasteiger partial charge in [0.15, 0.2) is 0 Å². The van der Waals surface area contributed by atoms with E-state index in [-0.39, 0.29) is 11.5 Å². The van der Waals surface area contributed by atoms with Crippen LogP contribution in [0, 0.1) is 6.92 Å². The van der Waals surface area contributed by atoms with E-state index < -0.39 is 0 Å². The van der Waals surface area contributed by atoms with E-state index in [1.807, 2.05) is 19.1 Å². The maximum atomic E-state index is 12.3. The molecule has 104 valence electrons. The first-order valence-corrected chi connectivity index (χ1v) is 6.40. The third-order valence-electron chi connectivity index (χ3n) is 2.88. The van der Waals surface area contributed by atoms with Gasteiger partial charge in [-0.15, -0.1) is 0 Å². The van der Waals surface area contributed by atoms with E-state index in [9.17, 15) is 4.79 Å². The molecule has 5 heteroatoms. The maximum Gasteiger partial charge on any atom is 0.259 e. The zero-order valence-electron chi connectivity index (χ0n) is 11.2. The Bertz CT molecular complexity index is 636. The van der Waals surface area contributed by atoms with Crippen LogP contribution in [0.1, 0.15) is 15.9 Å². The number of carbonyl (C=O) groups is 1. The van der Waals surface area contributed by atoms with Gasteiger partial charge in [-0.3, -0.25) is 4.79 Å². The summed E-state index contributed by atoms with van der Waals surface area (Å²) in [5.41, 5.74) is 8.00. The van der Waals surface area contributed by atoms with Crippen molar-refractivity contribution < 1.29 is 9.53 Å². The summed E-state index contributed by atoms with van der Waals surface area (Å²) in [4.78, 5) is 12.3. The SMILES string of the molecule is COc1cc(C)ccc1NC(=O)c1c(N)cccc1Cl. The van der Waals surface area contributed by atoms with Crippen molar-refractivity contribution in [3.05, 3.63) is 52.5 Å². The van der Waals surface area contributed by atoms with Crippen LogP contribution < -0.4 is 15.8 Å². The third kappa shape index (κ3) is 2.86. The fourth-order valence-corrected chi connectivity index (χ4v) is 2.13. The lowest BCUT2D eigenvalue weighted by atomic mass is 10.1. The molecular weight excluding hydrogens is 276 g/mol. The number of halogens is 1. The number of aryl methyl sites for hydroxylation is 1. The Kier molecular flexibility index (Phi) is 4.15. The predicted molar refractivity (Wildman–Crippen MR) is 81.5 cm³/mol. The molecule has 0 aliphatic rings. The Morgan fingerprint density at radius 3 is 2.70 bits per heavy atom. The van der Waals surface area contributed by atoms with Crippen molar-refractivity contribution in [3.63, 3.8) is 0 Å². The zero-order chi connectivity index (χ0) is 14.7. The molecule has 0 radical (unpaired) electrons. The minimum Gasteiger partial charge on any atom is -0.495 e. The molecule has 0 unspecified atom stereocenters. The molecule has 0 saturated carbocycles. The van der Waals surface area contributed by atoms with E-state index in [0.29, 0.717) is 22.1 Å². The number of anilines is 2. The van der Waals surface area contributed by atoms with Gasteiger partial charge >= 0.3 is 0 Å². The number of hydrogen-bond acceptors (Lipinski definition) is 3. The van der Waals surface area contributed by atoms with Crippen LogP contribution >= 0.6 is 11.6 Å². The lowest BCUT2D eigenvalue weighted by Crippen LogP contribution is -2.15. The molecule has 4 nitrogen and oxygen atoms in total. The summed E-state index contributed by atoms with van der Waals surface area (Å²) in [5.74, 6) is 0.222. The third-order valence-corrected chi connectivity index (χ3v) is 3.19. The van der Waals surface area contributed by atoms with Crippen LogP contribution in [0.25, 0.3) is 0 Å². The van der Waals surface area contributed by atoms with Crippen molar-refractivity contribution in [1.29, 1.82) is 0 Å². The summed E-state index contributed by atoms with van der Waals surface area (Å²) in [7, 11) is 1.55. The van der Waals surface area contributed by atoms with Crippen molar-refractivity contribution >= 4 is 28.9 Å². The second-order valence-corrected chi connectivity index (χ2v) is 4.77. The lowest BCUT2D eigenvalue weighted by molar-refractivity contribution is 0.102. The Balaban J connectivity index is 2.33. The number of nitrogens with two attached hydrogens (primary N) is 1.